The summed E-state index contributed by atoms with van der Waals surface area (Å²) in [5.74, 6) is 0.132. The molecule has 0 spiro atoms. The third-order valence-corrected chi connectivity index (χ3v) is 5.39. The van der Waals surface area contributed by atoms with Gasteiger partial charge in [0, 0.05) is 18.0 Å². The van der Waals surface area contributed by atoms with Crippen LogP contribution in [0.5, 0.6) is 0 Å². The number of sulfonamides is 1. The second-order valence-corrected chi connectivity index (χ2v) is 8.65. The summed E-state index contributed by atoms with van der Waals surface area (Å²) in [6.07, 6.45) is 4.38. The summed E-state index contributed by atoms with van der Waals surface area (Å²) in [6.45, 7) is 2.38. The van der Waals surface area contributed by atoms with Gasteiger partial charge in [-0.05, 0) is 55.0 Å². The summed E-state index contributed by atoms with van der Waals surface area (Å²) in [6, 6.07) is 13.5. The fraction of sp³-hybridized carbons (Fsp3) is 0.350. The normalized spacial score (nSPS) is 16.6. The van der Waals surface area contributed by atoms with E-state index in [1.54, 1.807) is 25.1 Å². The number of carbonyl (C=O) groups is 1. The standard InChI is InChI=1S/C20H24N2O3S/c1-14-10-11-16(12-19(14)22-26(2,24)25)20(23)21-13-17-8-5-7-15-6-3-4-9-18(15)17/h3-4,6,9-12,17,22H,5,7-8,13H2,1-2H3,(H,21,23). The smallest absolute Gasteiger partial charge is 0.251 e. The van der Waals surface area contributed by atoms with E-state index in [4.69, 9.17) is 0 Å². The van der Waals surface area contributed by atoms with E-state index in [1.165, 1.54) is 11.1 Å². The van der Waals surface area contributed by atoms with Gasteiger partial charge in [0.2, 0.25) is 10.0 Å². The lowest BCUT2D eigenvalue weighted by Gasteiger charge is -2.25. The molecule has 2 aromatic carbocycles. The summed E-state index contributed by atoms with van der Waals surface area (Å²) < 4.78 is 25.4. The third-order valence-electron chi connectivity index (χ3n) is 4.80. The maximum absolute atomic E-state index is 12.5. The molecule has 1 atom stereocenters. The Morgan fingerprint density at radius 2 is 1.96 bits per heavy atom. The van der Waals surface area contributed by atoms with Crippen LogP contribution in [0.3, 0.4) is 0 Å². The van der Waals surface area contributed by atoms with Gasteiger partial charge in [0.1, 0.15) is 0 Å². The van der Waals surface area contributed by atoms with Gasteiger partial charge in [-0.2, -0.15) is 0 Å². The van der Waals surface area contributed by atoms with Gasteiger partial charge >= 0.3 is 0 Å². The van der Waals surface area contributed by atoms with Crippen molar-refractivity contribution in [3.8, 4) is 0 Å². The Hall–Kier alpha value is -2.34. The average molecular weight is 372 g/mol. The van der Waals surface area contributed by atoms with Gasteiger partial charge in [-0.25, -0.2) is 8.42 Å². The molecule has 0 saturated carbocycles. The van der Waals surface area contributed by atoms with Gasteiger partial charge in [-0.3, -0.25) is 9.52 Å². The summed E-state index contributed by atoms with van der Waals surface area (Å²) in [5.41, 5.74) is 4.34. The lowest BCUT2D eigenvalue weighted by molar-refractivity contribution is 0.0950. The van der Waals surface area contributed by atoms with E-state index in [1.807, 2.05) is 6.07 Å². The molecule has 1 unspecified atom stereocenters. The van der Waals surface area contributed by atoms with Crippen molar-refractivity contribution < 1.29 is 13.2 Å². The molecule has 0 fully saturated rings. The molecule has 0 aromatic heterocycles. The third kappa shape index (κ3) is 4.43. The summed E-state index contributed by atoms with van der Waals surface area (Å²) in [4.78, 5) is 12.5. The van der Waals surface area contributed by atoms with Crippen molar-refractivity contribution in [2.24, 2.45) is 0 Å². The molecular formula is C20H24N2O3S. The lowest BCUT2D eigenvalue weighted by Crippen LogP contribution is -2.30. The van der Waals surface area contributed by atoms with Crippen LogP contribution in [-0.4, -0.2) is 27.1 Å². The van der Waals surface area contributed by atoms with Crippen LogP contribution < -0.4 is 10.0 Å². The minimum atomic E-state index is -3.39. The predicted molar refractivity (Wildman–Crippen MR) is 104 cm³/mol. The molecule has 3 rings (SSSR count). The maximum Gasteiger partial charge on any atom is 0.251 e. The van der Waals surface area contributed by atoms with Crippen LogP contribution in [0, 0.1) is 6.92 Å². The first-order chi connectivity index (χ1) is 12.3. The first-order valence-electron chi connectivity index (χ1n) is 8.78. The molecule has 1 amide bonds. The van der Waals surface area contributed by atoms with Crippen molar-refractivity contribution in [1.29, 1.82) is 0 Å². The topological polar surface area (TPSA) is 75.3 Å². The summed E-state index contributed by atoms with van der Waals surface area (Å²) >= 11 is 0. The van der Waals surface area contributed by atoms with Crippen LogP contribution in [-0.2, 0) is 16.4 Å². The second-order valence-electron chi connectivity index (χ2n) is 6.90. The Balaban J connectivity index is 1.71. The Labute approximate surface area is 154 Å². The van der Waals surface area contributed by atoms with Gasteiger partial charge in [0.05, 0.1) is 11.9 Å². The fourth-order valence-corrected chi connectivity index (χ4v) is 4.08. The Bertz CT molecular complexity index is 922. The summed E-state index contributed by atoms with van der Waals surface area (Å²) in [5, 5.41) is 3.00. The SMILES string of the molecule is Cc1ccc(C(=O)NCC2CCCc3ccccc32)cc1NS(C)(=O)=O. The maximum atomic E-state index is 12.5. The largest absolute Gasteiger partial charge is 0.351 e. The minimum Gasteiger partial charge on any atom is -0.351 e. The zero-order valence-corrected chi connectivity index (χ0v) is 15.9. The zero-order chi connectivity index (χ0) is 18.7. The van der Waals surface area contributed by atoms with E-state index in [0.717, 1.165) is 31.1 Å². The van der Waals surface area contributed by atoms with E-state index in [0.29, 0.717) is 23.7 Å². The van der Waals surface area contributed by atoms with Crippen molar-refractivity contribution in [1.82, 2.24) is 5.32 Å². The van der Waals surface area contributed by atoms with Crippen molar-refractivity contribution in [3.63, 3.8) is 0 Å². The van der Waals surface area contributed by atoms with E-state index in [-0.39, 0.29) is 5.91 Å². The highest BCUT2D eigenvalue weighted by Gasteiger charge is 2.20. The van der Waals surface area contributed by atoms with Crippen LogP contribution in [0.1, 0.15) is 45.8 Å². The number of amides is 1. The first-order valence-corrected chi connectivity index (χ1v) is 10.7. The highest BCUT2D eigenvalue weighted by molar-refractivity contribution is 7.92. The molecule has 0 radical (unpaired) electrons. The molecule has 0 bridgehead atoms. The number of carbonyl (C=O) groups excluding carboxylic acids is 1. The van der Waals surface area contributed by atoms with Crippen molar-refractivity contribution >= 4 is 21.6 Å². The van der Waals surface area contributed by atoms with Crippen LogP contribution in [0.2, 0.25) is 0 Å². The number of anilines is 1. The molecule has 1 aliphatic carbocycles. The second kappa shape index (κ2) is 7.50. The molecule has 2 N–H and O–H groups in total. The summed E-state index contributed by atoms with van der Waals surface area (Å²) in [7, 11) is -3.39. The quantitative estimate of drug-likeness (QED) is 0.846. The number of hydrogen-bond acceptors (Lipinski definition) is 3. The van der Waals surface area contributed by atoms with Crippen molar-refractivity contribution in [2.75, 3.05) is 17.5 Å². The Morgan fingerprint density at radius 1 is 1.19 bits per heavy atom. The number of hydrogen-bond donors (Lipinski definition) is 2. The van der Waals surface area contributed by atoms with Crippen LogP contribution in [0.4, 0.5) is 5.69 Å². The average Bonchev–Trinajstić information content (AvgIpc) is 2.60. The molecule has 5 nitrogen and oxygen atoms in total. The van der Waals surface area contributed by atoms with E-state index in [2.05, 4.69) is 28.2 Å². The van der Waals surface area contributed by atoms with Gasteiger partial charge in [0.15, 0.2) is 0 Å². The minimum absolute atomic E-state index is 0.190. The van der Waals surface area contributed by atoms with Gasteiger partial charge in [-0.1, -0.05) is 30.3 Å². The number of benzene rings is 2. The Kier molecular flexibility index (Phi) is 5.32. The predicted octanol–water partition coefficient (Wildman–Crippen LogP) is 3.22. The zero-order valence-electron chi connectivity index (χ0n) is 15.1. The fourth-order valence-electron chi connectivity index (χ4n) is 3.46. The molecule has 1 aliphatic rings. The van der Waals surface area contributed by atoms with E-state index < -0.39 is 10.0 Å². The molecular weight excluding hydrogens is 348 g/mol. The molecule has 26 heavy (non-hydrogen) atoms. The molecule has 0 aliphatic heterocycles. The molecule has 0 heterocycles. The van der Waals surface area contributed by atoms with Crippen LogP contribution >= 0.6 is 0 Å². The highest BCUT2D eigenvalue weighted by Crippen LogP contribution is 2.30. The van der Waals surface area contributed by atoms with Crippen molar-refractivity contribution in [3.05, 3.63) is 64.7 Å². The number of aryl methyl sites for hydroxylation is 2. The molecule has 0 saturated heterocycles. The van der Waals surface area contributed by atoms with Crippen molar-refractivity contribution in [2.45, 2.75) is 32.1 Å². The van der Waals surface area contributed by atoms with Crippen LogP contribution in [0.25, 0.3) is 0 Å². The van der Waals surface area contributed by atoms with Gasteiger partial charge < -0.3 is 5.32 Å². The van der Waals surface area contributed by atoms with Gasteiger partial charge in [0.25, 0.3) is 5.91 Å². The number of rotatable bonds is 5. The number of fused-ring (bicyclic) bond motifs is 1. The molecule has 6 heteroatoms. The van der Waals surface area contributed by atoms with Gasteiger partial charge in [-0.15, -0.1) is 0 Å². The molecule has 138 valence electrons. The first kappa shape index (κ1) is 18.5. The Morgan fingerprint density at radius 3 is 2.73 bits per heavy atom. The highest BCUT2D eigenvalue weighted by atomic mass is 32.2. The van der Waals surface area contributed by atoms with E-state index >= 15 is 0 Å². The molecule has 2 aromatic rings. The number of nitrogens with one attached hydrogen (secondary N) is 2. The van der Waals surface area contributed by atoms with Crippen LogP contribution in [0.15, 0.2) is 42.5 Å². The lowest BCUT2D eigenvalue weighted by atomic mass is 9.83. The monoisotopic (exact) mass is 372 g/mol. The van der Waals surface area contributed by atoms with E-state index in [9.17, 15) is 13.2 Å².